The standard InChI is InChI=1S/C9H19NO2/c1-3-9(6-11,7-12-2)10-8-4-5-8/h8,10-11H,3-7H2,1-2H3. The molecule has 0 amide bonds. The Morgan fingerprint density at radius 1 is 1.58 bits per heavy atom. The fraction of sp³-hybridized carbons (Fsp3) is 1.00. The van der Waals surface area contributed by atoms with Gasteiger partial charge in [0.15, 0.2) is 0 Å². The van der Waals surface area contributed by atoms with Gasteiger partial charge in [0.1, 0.15) is 0 Å². The Hall–Kier alpha value is -0.120. The van der Waals surface area contributed by atoms with Crippen molar-refractivity contribution in [1.82, 2.24) is 5.32 Å². The van der Waals surface area contributed by atoms with Crippen molar-refractivity contribution >= 4 is 0 Å². The van der Waals surface area contributed by atoms with E-state index in [9.17, 15) is 5.11 Å². The number of methoxy groups -OCH3 is 1. The van der Waals surface area contributed by atoms with E-state index in [0.29, 0.717) is 12.6 Å². The topological polar surface area (TPSA) is 41.5 Å². The Morgan fingerprint density at radius 2 is 2.25 bits per heavy atom. The molecule has 1 aliphatic carbocycles. The van der Waals surface area contributed by atoms with Crippen molar-refractivity contribution in [2.45, 2.75) is 37.8 Å². The highest BCUT2D eigenvalue weighted by molar-refractivity contribution is 4.94. The van der Waals surface area contributed by atoms with Crippen molar-refractivity contribution < 1.29 is 9.84 Å². The van der Waals surface area contributed by atoms with E-state index in [1.807, 2.05) is 0 Å². The highest BCUT2D eigenvalue weighted by atomic mass is 16.5. The summed E-state index contributed by atoms with van der Waals surface area (Å²) in [5, 5.41) is 12.7. The molecular formula is C9H19NO2. The number of aliphatic hydroxyl groups excluding tert-OH is 1. The van der Waals surface area contributed by atoms with Gasteiger partial charge in [-0.1, -0.05) is 6.92 Å². The van der Waals surface area contributed by atoms with Crippen LogP contribution in [0.2, 0.25) is 0 Å². The van der Waals surface area contributed by atoms with E-state index < -0.39 is 0 Å². The van der Waals surface area contributed by atoms with Gasteiger partial charge in [-0.2, -0.15) is 0 Å². The van der Waals surface area contributed by atoms with Crippen LogP contribution in [-0.4, -0.2) is 37.0 Å². The van der Waals surface area contributed by atoms with Crippen LogP contribution in [0.25, 0.3) is 0 Å². The van der Waals surface area contributed by atoms with Gasteiger partial charge in [0.2, 0.25) is 0 Å². The van der Waals surface area contributed by atoms with E-state index >= 15 is 0 Å². The molecule has 0 radical (unpaired) electrons. The van der Waals surface area contributed by atoms with Gasteiger partial charge in [0.25, 0.3) is 0 Å². The Kier molecular flexibility index (Phi) is 3.50. The number of hydrogen-bond acceptors (Lipinski definition) is 3. The first-order valence-corrected chi connectivity index (χ1v) is 4.64. The van der Waals surface area contributed by atoms with Crippen LogP contribution in [0.1, 0.15) is 26.2 Å². The third-order valence-electron chi connectivity index (χ3n) is 2.49. The van der Waals surface area contributed by atoms with Crippen molar-refractivity contribution in [3.8, 4) is 0 Å². The summed E-state index contributed by atoms with van der Waals surface area (Å²) in [6, 6.07) is 0.618. The minimum atomic E-state index is -0.198. The number of rotatable bonds is 6. The summed E-state index contributed by atoms with van der Waals surface area (Å²) in [4.78, 5) is 0. The highest BCUT2D eigenvalue weighted by Gasteiger charge is 2.34. The lowest BCUT2D eigenvalue weighted by Crippen LogP contribution is -2.52. The highest BCUT2D eigenvalue weighted by Crippen LogP contribution is 2.24. The molecule has 3 heteroatoms. The molecule has 12 heavy (non-hydrogen) atoms. The van der Waals surface area contributed by atoms with E-state index in [2.05, 4.69) is 12.2 Å². The minimum Gasteiger partial charge on any atom is -0.394 e. The van der Waals surface area contributed by atoms with E-state index in [0.717, 1.165) is 6.42 Å². The zero-order valence-corrected chi connectivity index (χ0v) is 7.97. The summed E-state index contributed by atoms with van der Waals surface area (Å²) in [6.07, 6.45) is 3.39. The lowest BCUT2D eigenvalue weighted by molar-refractivity contribution is 0.0583. The normalized spacial score (nSPS) is 22.2. The summed E-state index contributed by atoms with van der Waals surface area (Å²) < 4.78 is 5.10. The monoisotopic (exact) mass is 173 g/mol. The summed E-state index contributed by atoms with van der Waals surface area (Å²) >= 11 is 0. The molecular weight excluding hydrogens is 154 g/mol. The van der Waals surface area contributed by atoms with Crippen molar-refractivity contribution in [3.05, 3.63) is 0 Å². The SMILES string of the molecule is CCC(CO)(COC)NC1CC1. The molecule has 1 rings (SSSR count). The van der Waals surface area contributed by atoms with E-state index in [1.54, 1.807) is 7.11 Å². The average Bonchev–Trinajstić information content (AvgIpc) is 2.87. The summed E-state index contributed by atoms with van der Waals surface area (Å²) in [7, 11) is 1.68. The lowest BCUT2D eigenvalue weighted by Gasteiger charge is -2.31. The molecule has 1 fully saturated rings. The lowest BCUT2D eigenvalue weighted by atomic mass is 9.98. The zero-order valence-electron chi connectivity index (χ0n) is 7.97. The van der Waals surface area contributed by atoms with Gasteiger partial charge in [0.05, 0.1) is 18.8 Å². The fourth-order valence-electron chi connectivity index (χ4n) is 1.39. The van der Waals surface area contributed by atoms with E-state index in [4.69, 9.17) is 4.74 Å². The van der Waals surface area contributed by atoms with Gasteiger partial charge < -0.3 is 15.2 Å². The second-order valence-corrected chi connectivity index (χ2v) is 3.64. The first-order chi connectivity index (χ1) is 5.76. The first kappa shape index (κ1) is 9.96. The van der Waals surface area contributed by atoms with Gasteiger partial charge >= 0.3 is 0 Å². The van der Waals surface area contributed by atoms with Crippen molar-refractivity contribution in [2.24, 2.45) is 0 Å². The van der Waals surface area contributed by atoms with Crippen molar-refractivity contribution in [2.75, 3.05) is 20.3 Å². The Morgan fingerprint density at radius 3 is 2.58 bits per heavy atom. The fourth-order valence-corrected chi connectivity index (χ4v) is 1.39. The van der Waals surface area contributed by atoms with Gasteiger partial charge in [-0.05, 0) is 19.3 Å². The van der Waals surface area contributed by atoms with Gasteiger partial charge in [-0.15, -0.1) is 0 Å². The second-order valence-electron chi connectivity index (χ2n) is 3.64. The molecule has 1 unspecified atom stereocenters. The van der Waals surface area contributed by atoms with Crippen LogP contribution >= 0.6 is 0 Å². The predicted octanol–water partition coefficient (Wildman–Crippen LogP) is 0.526. The maximum Gasteiger partial charge on any atom is 0.0667 e. The van der Waals surface area contributed by atoms with Gasteiger partial charge in [0, 0.05) is 13.2 Å². The molecule has 3 nitrogen and oxygen atoms in total. The van der Waals surface area contributed by atoms with Gasteiger partial charge in [-0.25, -0.2) is 0 Å². The molecule has 0 spiro atoms. The molecule has 0 aromatic carbocycles. The van der Waals surface area contributed by atoms with Crippen LogP contribution < -0.4 is 5.32 Å². The molecule has 2 N–H and O–H groups in total. The molecule has 0 aliphatic heterocycles. The Bertz CT molecular complexity index is 130. The molecule has 1 saturated carbocycles. The number of nitrogens with one attached hydrogen (secondary N) is 1. The molecule has 1 atom stereocenters. The maximum absolute atomic E-state index is 9.24. The first-order valence-electron chi connectivity index (χ1n) is 4.64. The average molecular weight is 173 g/mol. The molecule has 0 aromatic rings. The van der Waals surface area contributed by atoms with Crippen molar-refractivity contribution in [3.63, 3.8) is 0 Å². The zero-order chi connectivity index (χ0) is 9.03. The Labute approximate surface area is 74.1 Å². The van der Waals surface area contributed by atoms with E-state index in [-0.39, 0.29) is 12.1 Å². The molecule has 0 bridgehead atoms. The van der Waals surface area contributed by atoms with Crippen LogP contribution in [0.3, 0.4) is 0 Å². The van der Waals surface area contributed by atoms with Crippen LogP contribution in [0.15, 0.2) is 0 Å². The molecule has 1 aliphatic rings. The number of hydrogen-bond donors (Lipinski definition) is 2. The van der Waals surface area contributed by atoms with Crippen LogP contribution in [0.4, 0.5) is 0 Å². The van der Waals surface area contributed by atoms with Crippen LogP contribution in [0, 0.1) is 0 Å². The number of aliphatic hydroxyl groups is 1. The summed E-state index contributed by atoms with van der Waals surface area (Å²) in [6.45, 7) is 2.83. The molecule has 0 heterocycles. The van der Waals surface area contributed by atoms with Crippen molar-refractivity contribution in [1.29, 1.82) is 0 Å². The minimum absolute atomic E-state index is 0.161. The van der Waals surface area contributed by atoms with Gasteiger partial charge in [-0.3, -0.25) is 0 Å². The molecule has 0 aromatic heterocycles. The summed E-state index contributed by atoms with van der Waals surface area (Å²) in [5.74, 6) is 0. The Balaban J connectivity index is 2.41. The maximum atomic E-state index is 9.24. The smallest absolute Gasteiger partial charge is 0.0667 e. The van der Waals surface area contributed by atoms with Crippen LogP contribution in [0.5, 0.6) is 0 Å². The van der Waals surface area contributed by atoms with Crippen LogP contribution in [-0.2, 0) is 4.74 Å². The van der Waals surface area contributed by atoms with E-state index in [1.165, 1.54) is 12.8 Å². The quantitative estimate of drug-likeness (QED) is 0.615. The summed E-state index contributed by atoms with van der Waals surface area (Å²) in [5.41, 5.74) is -0.198. The number of ether oxygens (including phenoxy) is 1. The third kappa shape index (κ3) is 2.44. The third-order valence-corrected chi connectivity index (χ3v) is 2.49. The predicted molar refractivity (Wildman–Crippen MR) is 48.1 cm³/mol. The molecule has 72 valence electrons. The largest absolute Gasteiger partial charge is 0.394 e. The molecule has 0 saturated heterocycles. The second kappa shape index (κ2) is 4.21.